The van der Waals surface area contributed by atoms with Gasteiger partial charge in [0.2, 0.25) is 0 Å². The molecule has 0 aromatic rings. The van der Waals surface area contributed by atoms with E-state index in [1.165, 1.54) is 51.4 Å². The maximum absolute atomic E-state index is 12.2. The third-order valence-electron chi connectivity index (χ3n) is 5.22. The van der Waals surface area contributed by atoms with Gasteiger partial charge < -0.3 is 19.3 Å². The van der Waals surface area contributed by atoms with Crippen LogP contribution in [0.5, 0.6) is 0 Å². The van der Waals surface area contributed by atoms with Gasteiger partial charge in [-0.1, -0.05) is 77.6 Å². The first-order valence-electron chi connectivity index (χ1n) is 13.8. The number of hydrogen-bond acceptors (Lipinski definition) is 6. The van der Waals surface area contributed by atoms with Crippen LogP contribution in [0.4, 0.5) is 0 Å². The third kappa shape index (κ3) is 29.0. The lowest BCUT2D eigenvalue weighted by molar-refractivity contribution is -0.158. The summed E-state index contributed by atoms with van der Waals surface area (Å²) in [5.41, 5.74) is 0. The Hall–Kier alpha value is -4.03. The summed E-state index contributed by atoms with van der Waals surface area (Å²) in [7, 11) is -4.82. The molecule has 1 atom stereocenters. The molecule has 0 fully saturated rings. The van der Waals surface area contributed by atoms with E-state index in [1.54, 1.807) is 0 Å². The van der Waals surface area contributed by atoms with Crippen LogP contribution in [0.2, 0.25) is 0 Å². The predicted molar refractivity (Wildman–Crippen MR) is 160 cm³/mol. The Morgan fingerprint density at radius 2 is 1.14 bits per heavy atom. The Morgan fingerprint density at radius 3 is 1.62 bits per heavy atom. The molecule has 0 aromatic carbocycles. The van der Waals surface area contributed by atoms with Gasteiger partial charge in [-0.05, 0) is 77.5 Å². The highest BCUT2D eigenvalue weighted by molar-refractivity contribution is 7.46. The second-order valence-corrected chi connectivity index (χ2v) is 10.0. The maximum atomic E-state index is 12.2. The van der Waals surface area contributed by atoms with Crippen molar-refractivity contribution in [1.29, 1.82) is 0 Å². The Kier molecular flexibility index (Phi) is 24.5. The van der Waals surface area contributed by atoms with Gasteiger partial charge in [0.15, 0.2) is 6.10 Å². The lowest BCUT2D eigenvalue weighted by Crippen LogP contribution is -2.29. The number of phosphoric ester groups is 1. The second-order valence-electron chi connectivity index (χ2n) is 8.78. The van der Waals surface area contributed by atoms with E-state index in [0.717, 1.165) is 19.3 Å². The summed E-state index contributed by atoms with van der Waals surface area (Å²) in [4.78, 5) is 41.9. The molecule has 2 N–H and O–H groups in total. The molecule has 0 saturated heterocycles. The van der Waals surface area contributed by atoms with Gasteiger partial charge in [-0.15, -0.1) is 6.42 Å². The zero-order valence-corrected chi connectivity index (χ0v) is 24.9. The van der Waals surface area contributed by atoms with Crippen molar-refractivity contribution in [2.45, 2.75) is 96.5 Å². The number of phosphoric acid groups is 1. The highest BCUT2D eigenvalue weighted by atomic mass is 31.2. The summed E-state index contributed by atoms with van der Waals surface area (Å²) in [6, 6.07) is 0. The van der Waals surface area contributed by atoms with Gasteiger partial charge in [0.1, 0.15) is 6.61 Å². The van der Waals surface area contributed by atoms with Crippen LogP contribution in [0, 0.1) is 83.4 Å². The number of esters is 2. The molecular formula is C33H37O8P. The average Bonchev–Trinajstić information content (AvgIpc) is 2.95. The minimum atomic E-state index is -4.82. The highest BCUT2D eigenvalue weighted by Gasteiger charge is 2.22. The summed E-state index contributed by atoms with van der Waals surface area (Å²) in [5, 5.41) is 0. The minimum Gasteiger partial charge on any atom is -0.456 e. The van der Waals surface area contributed by atoms with Gasteiger partial charge in [0.25, 0.3) is 0 Å². The topological polar surface area (TPSA) is 119 Å². The average molecular weight is 593 g/mol. The quantitative estimate of drug-likeness (QED) is 0.0750. The molecule has 0 saturated carbocycles. The molecule has 0 unspecified atom stereocenters. The molecule has 9 heteroatoms. The molecule has 0 amide bonds. The second kappa shape index (κ2) is 27.2. The van der Waals surface area contributed by atoms with Gasteiger partial charge in [-0.3, -0.25) is 9.32 Å². The van der Waals surface area contributed by atoms with E-state index in [-0.39, 0.29) is 6.42 Å². The van der Waals surface area contributed by atoms with Crippen LogP contribution < -0.4 is 0 Å². The van der Waals surface area contributed by atoms with E-state index >= 15 is 0 Å². The third-order valence-corrected chi connectivity index (χ3v) is 5.71. The van der Waals surface area contributed by atoms with Crippen LogP contribution in [-0.4, -0.2) is 41.0 Å². The summed E-state index contributed by atoms with van der Waals surface area (Å²) in [6.07, 6.45) is 17.7. The van der Waals surface area contributed by atoms with E-state index in [2.05, 4.69) is 88.4 Å². The largest absolute Gasteiger partial charge is 0.469 e. The molecule has 8 nitrogen and oxygen atoms in total. The standard InChI is InChI=1S/C33H37O8P/c1-3-5-7-9-11-13-15-17-19-21-23-25-27-32(34)39-29-31(30-40-42(36,37)38)41-33(35)28-26-24-22-20-18-16-14-12-10-8-6-4-2/h1,31H,4,6,8,10,12,14,16,18,20,22,24,26,28-30H2,2H3,(H2,36,37,38)/t31-/m0/s1. The van der Waals surface area contributed by atoms with Crippen molar-refractivity contribution in [1.82, 2.24) is 0 Å². The monoisotopic (exact) mass is 592 g/mol. The fourth-order valence-corrected chi connectivity index (χ4v) is 3.62. The van der Waals surface area contributed by atoms with E-state index in [0.29, 0.717) is 6.42 Å². The molecule has 0 aliphatic carbocycles. The van der Waals surface area contributed by atoms with E-state index in [9.17, 15) is 14.2 Å². The Morgan fingerprint density at radius 1 is 0.690 bits per heavy atom. The van der Waals surface area contributed by atoms with Crippen LogP contribution in [0.25, 0.3) is 0 Å². The number of unbranched alkanes of at least 4 members (excludes halogenated alkanes) is 11. The molecule has 0 bridgehead atoms. The number of terminal acetylenes is 1. The van der Waals surface area contributed by atoms with Gasteiger partial charge in [-0.25, -0.2) is 9.36 Å². The molecule has 0 spiro atoms. The summed E-state index contributed by atoms with van der Waals surface area (Å²) in [6.45, 7) is 1.05. The molecule has 222 valence electrons. The Balaban J connectivity index is 4.45. The van der Waals surface area contributed by atoms with E-state index in [4.69, 9.17) is 25.7 Å². The molecular weight excluding hydrogens is 555 g/mol. The van der Waals surface area contributed by atoms with Crippen LogP contribution >= 0.6 is 7.82 Å². The Labute approximate surface area is 250 Å². The minimum absolute atomic E-state index is 0.130. The van der Waals surface area contributed by atoms with Gasteiger partial charge >= 0.3 is 19.8 Å². The molecule has 0 radical (unpaired) electrons. The van der Waals surface area contributed by atoms with Gasteiger partial charge in [-0.2, -0.15) is 0 Å². The summed E-state index contributed by atoms with van der Waals surface area (Å²) >= 11 is 0. The summed E-state index contributed by atoms with van der Waals surface area (Å²) in [5.74, 6) is 28.6. The maximum Gasteiger partial charge on any atom is 0.469 e. The van der Waals surface area contributed by atoms with Crippen LogP contribution in [0.1, 0.15) is 90.4 Å². The van der Waals surface area contributed by atoms with Crippen LogP contribution in [0.15, 0.2) is 0 Å². The van der Waals surface area contributed by atoms with Crippen molar-refractivity contribution in [3.05, 3.63) is 0 Å². The predicted octanol–water partition coefficient (Wildman–Crippen LogP) is 4.30. The fraction of sp³-hybridized carbons (Fsp3) is 0.515. The normalized spacial score (nSPS) is 9.86. The van der Waals surface area contributed by atoms with E-state index < -0.39 is 39.1 Å². The van der Waals surface area contributed by atoms with Crippen molar-refractivity contribution >= 4 is 19.8 Å². The molecule has 0 rings (SSSR count). The van der Waals surface area contributed by atoms with Crippen molar-refractivity contribution in [2.24, 2.45) is 0 Å². The van der Waals surface area contributed by atoms with Crippen LogP contribution in [0.3, 0.4) is 0 Å². The van der Waals surface area contributed by atoms with Crippen molar-refractivity contribution < 1.29 is 37.9 Å². The Bertz CT molecular complexity index is 1300. The smallest absolute Gasteiger partial charge is 0.456 e. The molecule has 0 aliphatic rings. The lowest BCUT2D eigenvalue weighted by Gasteiger charge is -2.17. The first-order valence-corrected chi connectivity index (χ1v) is 15.3. The lowest BCUT2D eigenvalue weighted by atomic mass is 10.0. The molecule has 0 aliphatic heterocycles. The number of hydrogen-bond donors (Lipinski definition) is 2. The summed E-state index contributed by atoms with van der Waals surface area (Å²) < 4.78 is 25.6. The first-order chi connectivity index (χ1) is 20.3. The van der Waals surface area contributed by atoms with Crippen LogP contribution in [-0.2, 0) is 28.2 Å². The zero-order chi connectivity index (χ0) is 31.2. The number of ether oxygens (including phenoxy) is 2. The fourth-order valence-electron chi connectivity index (χ4n) is 3.26. The first kappa shape index (κ1) is 38.0. The van der Waals surface area contributed by atoms with Gasteiger partial charge in [0, 0.05) is 12.3 Å². The molecule has 0 aromatic heterocycles. The number of carbonyl (C=O) groups is 2. The molecule has 0 heterocycles. The zero-order valence-electron chi connectivity index (χ0n) is 24.1. The number of rotatable bonds is 19. The van der Waals surface area contributed by atoms with Crippen molar-refractivity contribution in [3.8, 4) is 83.4 Å². The highest BCUT2D eigenvalue weighted by Crippen LogP contribution is 2.35. The van der Waals surface area contributed by atoms with E-state index in [1.807, 2.05) is 0 Å². The molecule has 42 heavy (non-hydrogen) atoms. The van der Waals surface area contributed by atoms with Gasteiger partial charge in [0.05, 0.1) is 6.61 Å². The SMILES string of the molecule is C#CC#CC#CC#CC#CC#CC#CC(=O)OC[C@@H](COP(=O)(O)O)OC(=O)CCCCCCCCCCCCCC. The van der Waals surface area contributed by atoms with Crippen molar-refractivity contribution in [2.75, 3.05) is 13.2 Å². The van der Waals surface area contributed by atoms with Crippen molar-refractivity contribution in [3.63, 3.8) is 0 Å². The number of carbonyl (C=O) groups excluding carboxylic acids is 2.